The van der Waals surface area contributed by atoms with E-state index in [4.69, 9.17) is 9.84 Å². The highest BCUT2D eigenvalue weighted by Gasteiger charge is 2.23. The molecule has 21 heavy (non-hydrogen) atoms. The Morgan fingerprint density at radius 3 is 2.67 bits per heavy atom. The van der Waals surface area contributed by atoms with E-state index in [9.17, 15) is 8.42 Å². The highest BCUT2D eigenvalue weighted by atomic mass is 32.2. The highest BCUT2D eigenvalue weighted by molar-refractivity contribution is 7.89. The van der Waals surface area contributed by atoms with Gasteiger partial charge < -0.3 is 9.84 Å². The summed E-state index contributed by atoms with van der Waals surface area (Å²) in [5, 5.41) is 13.1. The van der Waals surface area contributed by atoms with Crippen LogP contribution < -0.4 is 4.72 Å². The van der Waals surface area contributed by atoms with Crippen molar-refractivity contribution in [2.45, 2.75) is 45.1 Å². The third kappa shape index (κ3) is 5.06. The number of aryl methyl sites for hydroxylation is 1. The molecule has 0 aliphatic rings. The molecule has 1 heterocycles. The molecule has 0 amide bonds. The van der Waals surface area contributed by atoms with E-state index in [0.29, 0.717) is 24.6 Å². The number of hydrogen-bond acceptors (Lipinski definition) is 5. The lowest BCUT2D eigenvalue weighted by atomic mass is 10.4. The lowest BCUT2D eigenvalue weighted by Crippen LogP contribution is -2.28. The number of unbranched alkanes of at least 4 members (excludes halogenated alkanes) is 1. The van der Waals surface area contributed by atoms with Crippen molar-refractivity contribution in [2.24, 2.45) is 0 Å². The van der Waals surface area contributed by atoms with Crippen LogP contribution in [-0.4, -0.2) is 49.7 Å². The maximum Gasteiger partial charge on any atom is 0.244 e. The van der Waals surface area contributed by atoms with Crippen molar-refractivity contribution in [3.63, 3.8) is 0 Å². The summed E-state index contributed by atoms with van der Waals surface area (Å²) < 4.78 is 33.9. The molecule has 1 aromatic rings. The van der Waals surface area contributed by atoms with Gasteiger partial charge in [-0.15, -0.1) is 0 Å². The monoisotopic (exact) mass is 319 g/mol. The van der Waals surface area contributed by atoms with Crippen molar-refractivity contribution in [3.05, 3.63) is 11.4 Å². The molecule has 0 radical (unpaired) electrons. The molecule has 8 heteroatoms. The van der Waals surface area contributed by atoms with Gasteiger partial charge in [0.05, 0.1) is 31.1 Å². The lowest BCUT2D eigenvalue weighted by Gasteiger charge is -2.08. The van der Waals surface area contributed by atoms with Crippen LogP contribution in [0.15, 0.2) is 4.90 Å². The number of rotatable bonds is 10. The van der Waals surface area contributed by atoms with Crippen LogP contribution in [0.4, 0.5) is 0 Å². The molecule has 1 aromatic heterocycles. The van der Waals surface area contributed by atoms with E-state index in [-0.39, 0.29) is 24.6 Å². The average Bonchev–Trinajstić information content (AvgIpc) is 2.69. The fraction of sp³-hybridized carbons (Fsp3) is 0.769. The number of sulfonamides is 1. The molecule has 0 aliphatic carbocycles. The molecule has 0 aromatic carbocycles. The number of aliphatic hydroxyl groups is 1. The molecule has 0 spiro atoms. The maximum atomic E-state index is 12.3. The van der Waals surface area contributed by atoms with Crippen molar-refractivity contribution in [1.82, 2.24) is 14.5 Å². The SMILES string of the molecule is CCCCOCCNS(=O)(=O)c1c(C)nn(CCO)c1C. The molecule has 0 aliphatic heterocycles. The smallest absolute Gasteiger partial charge is 0.244 e. The summed E-state index contributed by atoms with van der Waals surface area (Å²) in [6, 6.07) is 0. The van der Waals surface area contributed by atoms with E-state index < -0.39 is 10.0 Å². The van der Waals surface area contributed by atoms with E-state index in [0.717, 1.165) is 12.8 Å². The molecule has 0 fully saturated rings. The quantitative estimate of drug-likeness (QED) is 0.616. The molecule has 7 nitrogen and oxygen atoms in total. The van der Waals surface area contributed by atoms with Gasteiger partial charge in [0.2, 0.25) is 10.0 Å². The average molecular weight is 319 g/mol. The van der Waals surface area contributed by atoms with Gasteiger partial charge in [-0.1, -0.05) is 13.3 Å². The van der Waals surface area contributed by atoms with Crippen LogP contribution >= 0.6 is 0 Å². The summed E-state index contributed by atoms with van der Waals surface area (Å²) in [6.45, 7) is 6.82. The fourth-order valence-corrected chi connectivity index (χ4v) is 3.47. The molecule has 0 saturated heterocycles. The molecule has 0 saturated carbocycles. The predicted octanol–water partition coefficient (Wildman–Crippen LogP) is 0.587. The van der Waals surface area contributed by atoms with Crippen molar-refractivity contribution in [2.75, 3.05) is 26.4 Å². The molecule has 122 valence electrons. The molecule has 2 N–H and O–H groups in total. The fourth-order valence-electron chi connectivity index (χ4n) is 2.05. The Morgan fingerprint density at radius 1 is 1.33 bits per heavy atom. The Morgan fingerprint density at radius 2 is 2.05 bits per heavy atom. The molecular weight excluding hydrogens is 294 g/mol. The summed E-state index contributed by atoms with van der Waals surface area (Å²) in [5.41, 5.74) is 0.960. The van der Waals surface area contributed by atoms with Crippen molar-refractivity contribution in [3.8, 4) is 0 Å². The molecule has 0 bridgehead atoms. The van der Waals surface area contributed by atoms with Gasteiger partial charge in [-0.2, -0.15) is 5.10 Å². The van der Waals surface area contributed by atoms with Crippen molar-refractivity contribution in [1.29, 1.82) is 0 Å². The van der Waals surface area contributed by atoms with E-state index in [1.807, 2.05) is 0 Å². The minimum atomic E-state index is -3.61. The second-order valence-electron chi connectivity index (χ2n) is 4.81. The van der Waals surface area contributed by atoms with Crippen LogP contribution in [0.3, 0.4) is 0 Å². The van der Waals surface area contributed by atoms with Crippen LogP contribution in [0.2, 0.25) is 0 Å². The predicted molar refractivity (Wildman–Crippen MR) is 79.7 cm³/mol. The van der Waals surface area contributed by atoms with Gasteiger partial charge in [0.15, 0.2) is 0 Å². The van der Waals surface area contributed by atoms with E-state index in [1.54, 1.807) is 13.8 Å². The number of nitrogens with one attached hydrogen (secondary N) is 1. The van der Waals surface area contributed by atoms with Crippen molar-refractivity contribution >= 4 is 10.0 Å². The van der Waals surface area contributed by atoms with Crippen LogP contribution in [0.1, 0.15) is 31.2 Å². The Balaban J connectivity index is 2.66. The lowest BCUT2D eigenvalue weighted by molar-refractivity contribution is 0.136. The Kier molecular flexibility index (Phi) is 7.30. The third-order valence-electron chi connectivity index (χ3n) is 3.08. The van der Waals surface area contributed by atoms with Crippen LogP contribution in [0.25, 0.3) is 0 Å². The topological polar surface area (TPSA) is 93.5 Å². The van der Waals surface area contributed by atoms with Crippen LogP contribution in [0, 0.1) is 13.8 Å². The van der Waals surface area contributed by atoms with Crippen LogP contribution in [-0.2, 0) is 21.3 Å². The normalized spacial score (nSPS) is 12.0. The van der Waals surface area contributed by atoms with Gasteiger partial charge >= 0.3 is 0 Å². The summed E-state index contributed by atoms with van der Waals surface area (Å²) in [6.07, 6.45) is 2.02. The maximum absolute atomic E-state index is 12.3. The zero-order valence-corrected chi connectivity index (χ0v) is 13.7. The second kappa shape index (κ2) is 8.47. The van der Waals surface area contributed by atoms with Gasteiger partial charge in [0.1, 0.15) is 4.90 Å². The molecular formula is C13H25N3O4S. The summed E-state index contributed by atoms with van der Waals surface area (Å²) in [7, 11) is -3.61. The Hall–Kier alpha value is -0.960. The van der Waals surface area contributed by atoms with E-state index >= 15 is 0 Å². The van der Waals surface area contributed by atoms with Gasteiger partial charge in [0, 0.05) is 13.2 Å². The number of aromatic nitrogens is 2. The molecule has 0 atom stereocenters. The Bertz CT molecular complexity index is 540. The third-order valence-corrected chi connectivity index (χ3v) is 4.79. The van der Waals surface area contributed by atoms with Crippen LogP contribution in [0.5, 0.6) is 0 Å². The Labute approximate surface area is 126 Å². The van der Waals surface area contributed by atoms with Gasteiger partial charge in [-0.05, 0) is 20.3 Å². The number of aliphatic hydroxyl groups excluding tert-OH is 1. The van der Waals surface area contributed by atoms with Gasteiger partial charge in [-0.3, -0.25) is 4.68 Å². The second-order valence-corrected chi connectivity index (χ2v) is 6.51. The standard InChI is InChI=1S/C13H25N3O4S/c1-4-5-9-20-10-6-14-21(18,19)13-11(2)15-16(7-8-17)12(13)3/h14,17H,4-10H2,1-3H3. The first-order valence-electron chi connectivity index (χ1n) is 7.16. The minimum Gasteiger partial charge on any atom is -0.394 e. The van der Waals surface area contributed by atoms with E-state index in [1.165, 1.54) is 4.68 Å². The first kappa shape index (κ1) is 18.1. The molecule has 1 rings (SSSR count). The first-order chi connectivity index (χ1) is 9.94. The van der Waals surface area contributed by atoms with Gasteiger partial charge in [-0.25, -0.2) is 13.1 Å². The number of hydrogen-bond donors (Lipinski definition) is 2. The molecule has 0 unspecified atom stereocenters. The van der Waals surface area contributed by atoms with E-state index in [2.05, 4.69) is 16.7 Å². The minimum absolute atomic E-state index is 0.0832. The largest absolute Gasteiger partial charge is 0.394 e. The summed E-state index contributed by atoms with van der Waals surface area (Å²) in [5.74, 6) is 0. The summed E-state index contributed by atoms with van der Waals surface area (Å²) >= 11 is 0. The number of ether oxygens (including phenoxy) is 1. The number of nitrogens with zero attached hydrogens (tertiary/aromatic N) is 2. The first-order valence-corrected chi connectivity index (χ1v) is 8.64. The van der Waals surface area contributed by atoms with Gasteiger partial charge in [0.25, 0.3) is 0 Å². The zero-order valence-electron chi connectivity index (χ0n) is 12.9. The highest BCUT2D eigenvalue weighted by Crippen LogP contribution is 2.18. The van der Waals surface area contributed by atoms with Crippen molar-refractivity contribution < 1.29 is 18.3 Å². The summed E-state index contributed by atoms with van der Waals surface area (Å²) in [4.78, 5) is 0.185. The zero-order chi connectivity index (χ0) is 15.9.